The third-order valence-electron chi connectivity index (χ3n) is 1.63. The summed E-state index contributed by atoms with van der Waals surface area (Å²) < 4.78 is 11.6. The van der Waals surface area contributed by atoms with E-state index in [0.29, 0.717) is 26.4 Å². The summed E-state index contributed by atoms with van der Waals surface area (Å²) in [6.45, 7) is 2.25. The van der Waals surface area contributed by atoms with Crippen molar-refractivity contribution in [2.75, 3.05) is 26.9 Å². The Morgan fingerprint density at radius 1 is 1.46 bits per heavy atom. The van der Waals surface area contributed by atoms with E-state index < -0.39 is 0 Å². The van der Waals surface area contributed by atoms with Gasteiger partial charge in [0.25, 0.3) is 0 Å². The van der Waals surface area contributed by atoms with Crippen LogP contribution in [0, 0.1) is 0 Å². The first-order valence-corrected chi connectivity index (χ1v) is 4.15. The third kappa shape index (κ3) is 3.43. The molecule has 0 spiro atoms. The van der Waals surface area contributed by atoms with Crippen molar-refractivity contribution in [3.05, 3.63) is 22.9 Å². The van der Waals surface area contributed by atoms with Crippen LogP contribution in [-0.2, 0) is 16.0 Å². The molecule has 1 rings (SSSR count). The van der Waals surface area contributed by atoms with Gasteiger partial charge in [-0.3, -0.25) is 4.57 Å². The molecule has 0 fully saturated rings. The summed E-state index contributed by atoms with van der Waals surface area (Å²) in [4.78, 5) is 13.5. The molecule has 1 heterocycles. The highest BCUT2D eigenvalue weighted by molar-refractivity contribution is 4.75. The molecule has 0 unspecified atom stereocenters. The van der Waals surface area contributed by atoms with Crippen LogP contribution >= 0.6 is 0 Å². The molecule has 0 aromatic carbocycles. The first kappa shape index (κ1) is 10.0. The number of H-pyrrole nitrogens is 1. The Hall–Kier alpha value is -1.07. The van der Waals surface area contributed by atoms with Gasteiger partial charge >= 0.3 is 5.69 Å². The number of hydrogen-bond acceptors (Lipinski definition) is 3. The van der Waals surface area contributed by atoms with Crippen LogP contribution in [0.2, 0.25) is 0 Å². The second kappa shape index (κ2) is 5.55. The van der Waals surface area contributed by atoms with Crippen molar-refractivity contribution in [3.63, 3.8) is 0 Å². The fourth-order valence-corrected chi connectivity index (χ4v) is 0.932. The van der Waals surface area contributed by atoms with E-state index in [9.17, 15) is 4.79 Å². The second-order valence-corrected chi connectivity index (χ2v) is 2.56. The summed E-state index contributed by atoms with van der Waals surface area (Å²) in [5, 5.41) is 0. The molecule has 0 saturated carbocycles. The molecule has 74 valence electrons. The molecule has 0 aliphatic carbocycles. The molecule has 13 heavy (non-hydrogen) atoms. The van der Waals surface area contributed by atoms with Crippen LogP contribution in [0.15, 0.2) is 17.2 Å². The quantitative estimate of drug-likeness (QED) is 0.628. The van der Waals surface area contributed by atoms with E-state index in [1.807, 2.05) is 0 Å². The van der Waals surface area contributed by atoms with Crippen LogP contribution in [0.1, 0.15) is 0 Å². The number of aromatic amines is 1. The van der Waals surface area contributed by atoms with Gasteiger partial charge in [0.1, 0.15) is 0 Å². The van der Waals surface area contributed by atoms with Gasteiger partial charge in [-0.2, -0.15) is 0 Å². The molecule has 0 aliphatic heterocycles. The van der Waals surface area contributed by atoms with Crippen LogP contribution in [-0.4, -0.2) is 36.5 Å². The van der Waals surface area contributed by atoms with Gasteiger partial charge in [-0.25, -0.2) is 4.79 Å². The largest absolute Gasteiger partial charge is 0.382 e. The zero-order valence-electron chi connectivity index (χ0n) is 7.66. The molecule has 1 aromatic heterocycles. The summed E-state index contributed by atoms with van der Waals surface area (Å²) in [6, 6.07) is 0. The number of rotatable bonds is 6. The maximum absolute atomic E-state index is 11.0. The Morgan fingerprint density at radius 3 is 2.92 bits per heavy atom. The van der Waals surface area contributed by atoms with Crippen molar-refractivity contribution < 1.29 is 9.47 Å². The Morgan fingerprint density at radius 2 is 2.31 bits per heavy atom. The van der Waals surface area contributed by atoms with E-state index in [-0.39, 0.29) is 5.69 Å². The number of methoxy groups -OCH3 is 1. The van der Waals surface area contributed by atoms with E-state index in [1.54, 1.807) is 24.1 Å². The molecule has 0 aliphatic rings. The minimum atomic E-state index is -0.102. The first-order chi connectivity index (χ1) is 6.34. The van der Waals surface area contributed by atoms with Crippen molar-refractivity contribution in [2.24, 2.45) is 0 Å². The predicted molar refractivity (Wildman–Crippen MR) is 47.7 cm³/mol. The van der Waals surface area contributed by atoms with Gasteiger partial charge in [0.15, 0.2) is 0 Å². The minimum Gasteiger partial charge on any atom is -0.382 e. The molecule has 0 radical (unpaired) electrons. The summed E-state index contributed by atoms with van der Waals surface area (Å²) >= 11 is 0. The minimum absolute atomic E-state index is 0.102. The van der Waals surface area contributed by atoms with E-state index >= 15 is 0 Å². The Kier molecular flexibility index (Phi) is 4.28. The van der Waals surface area contributed by atoms with Crippen molar-refractivity contribution >= 4 is 0 Å². The molecule has 1 N–H and O–H groups in total. The zero-order chi connectivity index (χ0) is 9.52. The van der Waals surface area contributed by atoms with Crippen LogP contribution in [0.4, 0.5) is 0 Å². The highest BCUT2D eigenvalue weighted by Crippen LogP contribution is 1.82. The van der Waals surface area contributed by atoms with Crippen molar-refractivity contribution in [1.29, 1.82) is 0 Å². The Labute approximate surface area is 76.3 Å². The highest BCUT2D eigenvalue weighted by Gasteiger charge is 1.94. The molecule has 1 aromatic rings. The SMILES string of the molecule is COCCOCCn1cc[nH]c1=O. The molecule has 0 amide bonds. The number of ether oxygens (including phenoxy) is 2. The fourth-order valence-electron chi connectivity index (χ4n) is 0.932. The fraction of sp³-hybridized carbons (Fsp3) is 0.625. The van der Waals surface area contributed by atoms with Gasteiger partial charge in [0.2, 0.25) is 0 Å². The van der Waals surface area contributed by atoms with Gasteiger partial charge in [-0.05, 0) is 0 Å². The average molecular weight is 186 g/mol. The van der Waals surface area contributed by atoms with Crippen LogP contribution in [0.25, 0.3) is 0 Å². The lowest BCUT2D eigenvalue weighted by Crippen LogP contribution is -2.19. The smallest absolute Gasteiger partial charge is 0.325 e. The van der Waals surface area contributed by atoms with E-state index in [1.165, 1.54) is 0 Å². The third-order valence-corrected chi connectivity index (χ3v) is 1.63. The monoisotopic (exact) mass is 186 g/mol. The second-order valence-electron chi connectivity index (χ2n) is 2.56. The van der Waals surface area contributed by atoms with E-state index in [2.05, 4.69) is 4.98 Å². The molecular formula is C8H14N2O3. The Balaban J connectivity index is 2.13. The predicted octanol–water partition coefficient (Wildman–Crippen LogP) is -0.161. The van der Waals surface area contributed by atoms with Crippen LogP contribution < -0.4 is 5.69 Å². The van der Waals surface area contributed by atoms with Gasteiger partial charge in [-0.15, -0.1) is 0 Å². The van der Waals surface area contributed by atoms with Gasteiger partial charge in [0, 0.05) is 19.5 Å². The van der Waals surface area contributed by atoms with Crippen molar-refractivity contribution in [3.8, 4) is 0 Å². The zero-order valence-corrected chi connectivity index (χ0v) is 7.66. The van der Waals surface area contributed by atoms with Crippen molar-refractivity contribution in [1.82, 2.24) is 9.55 Å². The molecule has 0 saturated heterocycles. The lowest BCUT2D eigenvalue weighted by Gasteiger charge is -2.02. The van der Waals surface area contributed by atoms with Crippen molar-refractivity contribution in [2.45, 2.75) is 6.54 Å². The molecule has 5 nitrogen and oxygen atoms in total. The number of aromatic nitrogens is 2. The number of nitrogens with zero attached hydrogens (tertiary/aromatic N) is 1. The van der Waals surface area contributed by atoms with E-state index in [4.69, 9.17) is 9.47 Å². The maximum Gasteiger partial charge on any atom is 0.325 e. The van der Waals surface area contributed by atoms with Gasteiger partial charge in [-0.1, -0.05) is 0 Å². The molecule has 0 bridgehead atoms. The standard InChI is InChI=1S/C8H14N2O3/c1-12-6-7-13-5-4-10-3-2-9-8(10)11/h2-3H,4-7H2,1H3,(H,9,11). The summed E-state index contributed by atoms with van der Waals surface area (Å²) in [7, 11) is 1.63. The maximum atomic E-state index is 11.0. The van der Waals surface area contributed by atoms with Crippen LogP contribution in [0.3, 0.4) is 0 Å². The highest BCUT2D eigenvalue weighted by atomic mass is 16.5. The van der Waals surface area contributed by atoms with E-state index in [0.717, 1.165) is 0 Å². The first-order valence-electron chi connectivity index (χ1n) is 4.15. The summed E-state index contributed by atoms with van der Waals surface area (Å²) in [6.07, 6.45) is 3.31. The van der Waals surface area contributed by atoms with Gasteiger partial charge in [0.05, 0.1) is 26.4 Å². The Bertz CT molecular complexity index is 279. The number of nitrogens with one attached hydrogen (secondary N) is 1. The number of hydrogen-bond donors (Lipinski definition) is 1. The topological polar surface area (TPSA) is 56.2 Å². The summed E-state index contributed by atoms with van der Waals surface area (Å²) in [5.74, 6) is 0. The molecule has 0 atom stereocenters. The summed E-state index contributed by atoms with van der Waals surface area (Å²) in [5.41, 5.74) is -0.102. The number of imidazole rings is 1. The normalized spacial score (nSPS) is 10.5. The average Bonchev–Trinajstić information content (AvgIpc) is 2.52. The van der Waals surface area contributed by atoms with Gasteiger partial charge < -0.3 is 14.5 Å². The molecule has 5 heteroatoms. The van der Waals surface area contributed by atoms with Crippen LogP contribution in [0.5, 0.6) is 0 Å². The lowest BCUT2D eigenvalue weighted by atomic mass is 10.6. The lowest BCUT2D eigenvalue weighted by molar-refractivity contribution is 0.0663. The molecular weight excluding hydrogens is 172 g/mol.